The van der Waals surface area contributed by atoms with E-state index in [1.165, 1.54) is 30.3 Å². The average molecular weight is 280 g/mol. The Morgan fingerprint density at radius 1 is 0.950 bits per heavy atom. The van der Waals surface area contributed by atoms with Crippen LogP contribution in [-0.2, 0) is 4.79 Å². The highest BCUT2D eigenvalue weighted by atomic mass is 19.1. The smallest absolute Gasteiger partial charge is 0.243 e. The summed E-state index contributed by atoms with van der Waals surface area (Å²) in [6, 6.07) is 8.25. The van der Waals surface area contributed by atoms with Crippen molar-refractivity contribution in [2.45, 2.75) is 0 Å². The van der Waals surface area contributed by atoms with Crippen molar-refractivity contribution in [2.24, 2.45) is 0 Å². The predicted octanol–water partition coefficient (Wildman–Crippen LogP) is 3.15. The molecule has 1 amide bonds. The molecule has 0 atom stereocenters. The van der Waals surface area contributed by atoms with E-state index in [0.717, 1.165) is 12.1 Å². The number of carbonyl (C=O) groups is 1. The number of carbonyl (C=O) groups excluding carboxylic acids is 1. The second-order valence-corrected chi connectivity index (χ2v) is 4.03. The zero-order chi connectivity index (χ0) is 14.5. The maximum atomic E-state index is 13.3. The molecule has 0 saturated heterocycles. The van der Waals surface area contributed by atoms with E-state index in [1.54, 1.807) is 0 Å². The minimum Gasteiger partial charge on any atom is -0.374 e. The van der Waals surface area contributed by atoms with Gasteiger partial charge in [0.2, 0.25) is 5.91 Å². The molecular weight excluding hydrogens is 269 g/mol. The minimum atomic E-state index is -0.778. The predicted molar refractivity (Wildman–Crippen MR) is 69.9 cm³/mol. The standard InChI is InChI=1S/C14H11F3N2O/c15-9-1-4-11(5-2-9)19-14(20)8-18-13-6-3-10(16)7-12(13)17/h1-7,18H,8H2,(H,19,20). The van der Waals surface area contributed by atoms with Crippen LogP contribution in [0.4, 0.5) is 24.5 Å². The third kappa shape index (κ3) is 3.74. The van der Waals surface area contributed by atoms with Crippen LogP contribution in [0.2, 0.25) is 0 Å². The summed E-state index contributed by atoms with van der Waals surface area (Å²) in [6.07, 6.45) is 0. The Balaban J connectivity index is 1.90. The summed E-state index contributed by atoms with van der Waals surface area (Å²) >= 11 is 0. The van der Waals surface area contributed by atoms with Gasteiger partial charge in [-0.25, -0.2) is 13.2 Å². The molecule has 104 valence electrons. The van der Waals surface area contributed by atoms with Crippen LogP contribution in [-0.4, -0.2) is 12.5 Å². The molecular formula is C14H11F3N2O. The van der Waals surface area contributed by atoms with Gasteiger partial charge in [0, 0.05) is 11.8 Å². The maximum absolute atomic E-state index is 13.3. The first kappa shape index (κ1) is 13.9. The van der Waals surface area contributed by atoms with Crippen molar-refractivity contribution in [2.75, 3.05) is 17.2 Å². The van der Waals surface area contributed by atoms with Gasteiger partial charge in [-0.15, -0.1) is 0 Å². The van der Waals surface area contributed by atoms with E-state index in [2.05, 4.69) is 10.6 Å². The van der Waals surface area contributed by atoms with Gasteiger partial charge < -0.3 is 10.6 Å². The molecule has 2 N–H and O–H groups in total. The van der Waals surface area contributed by atoms with E-state index >= 15 is 0 Å². The third-order valence-electron chi connectivity index (χ3n) is 2.50. The fourth-order valence-corrected chi connectivity index (χ4v) is 1.55. The molecule has 3 nitrogen and oxygen atoms in total. The monoisotopic (exact) mass is 280 g/mol. The fourth-order valence-electron chi connectivity index (χ4n) is 1.55. The largest absolute Gasteiger partial charge is 0.374 e. The molecule has 0 radical (unpaired) electrons. The number of amides is 1. The summed E-state index contributed by atoms with van der Waals surface area (Å²) in [5.41, 5.74) is 0.457. The van der Waals surface area contributed by atoms with Crippen molar-refractivity contribution in [3.05, 3.63) is 59.9 Å². The molecule has 0 spiro atoms. The topological polar surface area (TPSA) is 41.1 Å². The maximum Gasteiger partial charge on any atom is 0.243 e. The van der Waals surface area contributed by atoms with E-state index in [0.29, 0.717) is 5.69 Å². The van der Waals surface area contributed by atoms with E-state index in [1.807, 2.05) is 0 Å². The first-order chi connectivity index (χ1) is 9.54. The molecule has 20 heavy (non-hydrogen) atoms. The SMILES string of the molecule is O=C(CNc1ccc(F)cc1F)Nc1ccc(F)cc1. The van der Waals surface area contributed by atoms with Crippen LogP contribution in [0.1, 0.15) is 0 Å². The van der Waals surface area contributed by atoms with Gasteiger partial charge in [-0.3, -0.25) is 4.79 Å². The molecule has 0 aromatic heterocycles. The summed E-state index contributed by atoms with van der Waals surface area (Å²) < 4.78 is 38.7. The molecule has 0 aliphatic heterocycles. The normalized spacial score (nSPS) is 10.2. The van der Waals surface area contributed by atoms with E-state index in [9.17, 15) is 18.0 Å². The Kier molecular flexibility index (Phi) is 4.24. The highest BCUT2D eigenvalue weighted by molar-refractivity contribution is 5.93. The number of anilines is 2. The van der Waals surface area contributed by atoms with Gasteiger partial charge in [0.15, 0.2) is 0 Å². The van der Waals surface area contributed by atoms with Crippen molar-refractivity contribution in [1.82, 2.24) is 0 Å². The molecule has 2 aromatic rings. The Morgan fingerprint density at radius 2 is 1.60 bits per heavy atom. The first-order valence-corrected chi connectivity index (χ1v) is 5.79. The summed E-state index contributed by atoms with van der Waals surface area (Å²) in [7, 11) is 0. The second kappa shape index (κ2) is 6.10. The molecule has 2 aromatic carbocycles. The lowest BCUT2D eigenvalue weighted by molar-refractivity contribution is -0.114. The van der Waals surface area contributed by atoms with Crippen molar-refractivity contribution in [3.8, 4) is 0 Å². The lowest BCUT2D eigenvalue weighted by Gasteiger charge is -2.08. The Labute approximate surface area is 113 Å². The van der Waals surface area contributed by atoms with Crippen LogP contribution in [0.5, 0.6) is 0 Å². The van der Waals surface area contributed by atoms with Crippen molar-refractivity contribution >= 4 is 17.3 Å². The lowest BCUT2D eigenvalue weighted by Crippen LogP contribution is -2.22. The molecule has 6 heteroatoms. The fraction of sp³-hybridized carbons (Fsp3) is 0.0714. The van der Waals surface area contributed by atoms with Crippen LogP contribution in [0.25, 0.3) is 0 Å². The van der Waals surface area contributed by atoms with Gasteiger partial charge in [0.1, 0.15) is 17.5 Å². The number of halogens is 3. The van der Waals surface area contributed by atoms with Gasteiger partial charge in [-0.1, -0.05) is 0 Å². The van der Waals surface area contributed by atoms with Crippen LogP contribution in [0.15, 0.2) is 42.5 Å². The zero-order valence-electron chi connectivity index (χ0n) is 10.3. The first-order valence-electron chi connectivity index (χ1n) is 5.79. The molecule has 2 rings (SSSR count). The van der Waals surface area contributed by atoms with Gasteiger partial charge >= 0.3 is 0 Å². The van der Waals surface area contributed by atoms with E-state index in [-0.39, 0.29) is 12.2 Å². The quantitative estimate of drug-likeness (QED) is 0.903. The highest BCUT2D eigenvalue weighted by Gasteiger charge is 2.06. The Bertz CT molecular complexity index is 614. The zero-order valence-corrected chi connectivity index (χ0v) is 10.3. The summed E-state index contributed by atoms with van der Waals surface area (Å²) in [5.74, 6) is -2.31. The van der Waals surface area contributed by atoms with Crippen molar-refractivity contribution in [3.63, 3.8) is 0 Å². The number of benzene rings is 2. The minimum absolute atomic E-state index is 0.0284. The molecule has 0 bridgehead atoms. The average Bonchev–Trinajstić information content (AvgIpc) is 2.40. The van der Waals surface area contributed by atoms with Gasteiger partial charge in [-0.05, 0) is 36.4 Å². The third-order valence-corrected chi connectivity index (χ3v) is 2.50. The number of nitrogens with one attached hydrogen (secondary N) is 2. The second-order valence-electron chi connectivity index (χ2n) is 4.03. The molecule has 0 fully saturated rings. The van der Waals surface area contributed by atoms with Crippen molar-refractivity contribution in [1.29, 1.82) is 0 Å². The van der Waals surface area contributed by atoms with Gasteiger partial charge in [0.05, 0.1) is 12.2 Å². The summed E-state index contributed by atoms with van der Waals surface area (Å²) in [5, 5.41) is 5.05. The number of rotatable bonds is 4. The van der Waals surface area contributed by atoms with Crippen LogP contribution < -0.4 is 10.6 Å². The summed E-state index contributed by atoms with van der Waals surface area (Å²) in [6.45, 7) is -0.195. The van der Waals surface area contributed by atoms with E-state index in [4.69, 9.17) is 0 Å². The number of hydrogen-bond donors (Lipinski definition) is 2. The van der Waals surface area contributed by atoms with Crippen LogP contribution in [0, 0.1) is 17.5 Å². The van der Waals surface area contributed by atoms with Crippen LogP contribution >= 0.6 is 0 Å². The lowest BCUT2D eigenvalue weighted by atomic mass is 10.3. The molecule has 0 unspecified atom stereocenters. The Hall–Kier alpha value is -2.50. The highest BCUT2D eigenvalue weighted by Crippen LogP contribution is 2.14. The molecule has 0 aliphatic carbocycles. The Morgan fingerprint density at radius 3 is 2.25 bits per heavy atom. The summed E-state index contributed by atoms with van der Waals surface area (Å²) in [4.78, 5) is 11.6. The van der Waals surface area contributed by atoms with Crippen LogP contribution in [0.3, 0.4) is 0 Å². The molecule has 0 heterocycles. The van der Waals surface area contributed by atoms with Gasteiger partial charge in [0.25, 0.3) is 0 Å². The van der Waals surface area contributed by atoms with Gasteiger partial charge in [-0.2, -0.15) is 0 Å². The molecule has 0 saturated carbocycles. The molecule has 0 aliphatic rings. The number of hydrogen-bond acceptors (Lipinski definition) is 2. The van der Waals surface area contributed by atoms with E-state index < -0.39 is 23.4 Å². The van der Waals surface area contributed by atoms with Crippen molar-refractivity contribution < 1.29 is 18.0 Å².